The van der Waals surface area contributed by atoms with Crippen LogP contribution in [0.25, 0.3) is 0 Å². The smallest absolute Gasteiger partial charge is 0.0602 e. The zero-order valence-corrected chi connectivity index (χ0v) is 17.0. The van der Waals surface area contributed by atoms with Crippen molar-refractivity contribution in [1.29, 1.82) is 0 Å². The molecule has 2 aromatic rings. The van der Waals surface area contributed by atoms with Gasteiger partial charge in [-0.3, -0.25) is 9.80 Å². The SMILES string of the molecule is CC(C)N1CCN(C(c2ccccc2)c2ccccc2)CC1C(C)(C)C. The molecule has 1 aliphatic heterocycles. The summed E-state index contributed by atoms with van der Waals surface area (Å²) >= 11 is 0. The van der Waals surface area contributed by atoms with Crippen molar-refractivity contribution in [2.75, 3.05) is 19.6 Å². The fourth-order valence-corrected chi connectivity index (χ4v) is 4.33. The molecular weight excluding hydrogens is 316 g/mol. The molecule has 0 radical (unpaired) electrons. The van der Waals surface area contributed by atoms with Gasteiger partial charge < -0.3 is 0 Å². The Morgan fingerprint density at radius 1 is 0.808 bits per heavy atom. The molecule has 1 saturated heterocycles. The summed E-state index contributed by atoms with van der Waals surface area (Å²) in [5.41, 5.74) is 3.05. The van der Waals surface area contributed by atoms with E-state index in [-0.39, 0.29) is 5.41 Å². The molecule has 0 spiro atoms. The summed E-state index contributed by atoms with van der Waals surface area (Å²) in [6, 6.07) is 23.5. The van der Waals surface area contributed by atoms with Crippen LogP contribution in [0.5, 0.6) is 0 Å². The molecule has 3 rings (SSSR count). The van der Waals surface area contributed by atoms with Crippen LogP contribution in [0.3, 0.4) is 0 Å². The highest BCUT2D eigenvalue weighted by atomic mass is 15.3. The van der Waals surface area contributed by atoms with Crippen LogP contribution in [0.1, 0.15) is 51.8 Å². The van der Waals surface area contributed by atoms with Crippen molar-refractivity contribution in [2.24, 2.45) is 5.41 Å². The Morgan fingerprint density at radius 2 is 1.31 bits per heavy atom. The lowest BCUT2D eigenvalue weighted by molar-refractivity contribution is -0.0133. The van der Waals surface area contributed by atoms with Crippen LogP contribution in [-0.4, -0.2) is 41.5 Å². The molecule has 0 amide bonds. The molecule has 0 saturated carbocycles. The number of piperazine rings is 1. The summed E-state index contributed by atoms with van der Waals surface area (Å²) in [7, 11) is 0. The van der Waals surface area contributed by atoms with Crippen molar-refractivity contribution in [3.63, 3.8) is 0 Å². The van der Waals surface area contributed by atoms with E-state index in [1.54, 1.807) is 0 Å². The highest BCUT2D eigenvalue weighted by Gasteiger charge is 2.38. The molecule has 1 atom stereocenters. The quantitative estimate of drug-likeness (QED) is 0.746. The highest BCUT2D eigenvalue weighted by Crippen LogP contribution is 2.35. The van der Waals surface area contributed by atoms with Crippen LogP contribution >= 0.6 is 0 Å². The van der Waals surface area contributed by atoms with Crippen molar-refractivity contribution >= 4 is 0 Å². The number of rotatable bonds is 4. The lowest BCUT2D eigenvalue weighted by Gasteiger charge is -2.51. The molecule has 0 N–H and O–H groups in total. The predicted molar refractivity (Wildman–Crippen MR) is 111 cm³/mol. The molecule has 1 aliphatic rings. The van der Waals surface area contributed by atoms with Gasteiger partial charge in [0, 0.05) is 31.7 Å². The van der Waals surface area contributed by atoms with Crippen LogP contribution in [0.2, 0.25) is 0 Å². The highest BCUT2D eigenvalue weighted by molar-refractivity contribution is 5.32. The van der Waals surface area contributed by atoms with Gasteiger partial charge in [-0.1, -0.05) is 81.4 Å². The van der Waals surface area contributed by atoms with Crippen molar-refractivity contribution < 1.29 is 0 Å². The maximum absolute atomic E-state index is 2.70. The fourth-order valence-electron chi connectivity index (χ4n) is 4.33. The third kappa shape index (κ3) is 4.19. The van der Waals surface area contributed by atoms with Crippen LogP contribution in [0.15, 0.2) is 60.7 Å². The molecule has 1 fully saturated rings. The van der Waals surface area contributed by atoms with Gasteiger partial charge in [-0.15, -0.1) is 0 Å². The largest absolute Gasteiger partial charge is 0.295 e. The van der Waals surface area contributed by atoms with Crippen LogP contribution in [0.4, 0.5) is 0 Å². The summed E-state index contributed by atoms with van der Waals surface area (Å²) in [5, 5.41) is 0. The Bertz CT molecular complexity index is 633. The Balaban J connectivity index is 1.95. The van der Waals surface area contributed by atoms with Gasteiger partial charge in [-0.2, -0.15) is 0 Å². The molecule has 0 aromatic heterocycles. The van der Waals surface area contributed by atoms with E-state index in [0.717, 1.165) is 19.6 Å². The second-order valence-electron chi connectivity index (χ2n) is 8.93. The minimum atomic E-state index is 0.265. The molecule has 2 heteroatoms. The van der Waals surface area contributed by atoms with Crippen LogP contribution in [-0.2, 0) is 0 Å². The Labute approximate surface area is 159 Å². The monoisotopic (exact) mass is 350 g/mol. The average molecular weight is 351 g/mol. The van der Waals surface area contributed by atoms with Crippen molar-refractivity contribution in [3.05, 3.63) is 71.8 Å². The summed E-state index contributed by atoms with van der Waals surface area (Å²) in [6.07, 6.45) is 0. The summed E-state index contributed by atoms with van der Waals surface area (Å²) in [5.74, 6) is 0. The van der Waals surface area contributed by atoms with E-state index in [1.807, 2.05) is 0 Å². The van der Waals surface area contributed by atoms with Crippen LogP contribution < -0.4 is 0 Å². The Hall–Kier alpha value is -1.64. The molecule has 0 bridgehead atoms. The van der Waals surface area contributed by atoms with E-state index in [2.05, 4.69) is 105 Å². The first kappa shape index (κ1) is 19.1. The van der Waals surface area contributed by atoms with Crippen LogP contribution in [0, 0.1) is 5.41 Å². The molecule has 1 heterocycles. The third-order valence-corrected chi connectivity index (χ3v) is 5.71. The van der Waals surface area contributed by atoms with E-state index in [4.69, 9.17) is 0 Å². The standard InChI is InChI=1S/C24H34N2/c1-19(2)26-17-16-25(18-22(26)24(3,4)5)23(20-12-8-6-9-13-20)21-14-10-7-11-15-21/h6-15,19,22-23H,16-18H2,1-5H3. The first-order valence-corrected chi connectivity index (χ1v) is 9.97. The van der Waals surface area contributed by atoms with Crippen molar-refractivity contribution in [1.82, 2.24) is 9.80 Å². The van der Waals surface area contributed by atoms with Gasteiger partial charge >= 0.3 is 0 Å². The van der Waals surface area contributed by atoms with E-state index in [0.29, 0.717) is 18.1 Å². The molecule has 2 aromatic carbocycles. The maximum atomic E-state index is 2.70. The second kappa shape index (κ2) is 7.94. The zero-order chi connectivity index (χ0) is 18.7. The van der Waals surface area contributed by atoms with Gasteiger partial charge in [-0.05, 0) is 30.4 Å². The van der Waals surface area contributed by atoms with E-state index in [9.17, 15) is 0 Å². The normalized spacial score (nSPS) is 20.0. The number of hydrogen-bond donors (Lipinski definition) is 0. The minimum Gasteiger partial charge on any atom is -0.295 e. The fraction of sp³-hybridized carbons (Fsp3) is 0.500. The summed E-state index contributed by atoms with van der Waals surface area (Å²) < 4.78 is 0. The Morgan fingerprint density at radius 3 is 1.73 bits per heavy atom. The van der Waals surface area contributed by atoms with Gasteiger partial charge in [0.15, 0.2) is 0 Å². The first-order valence-electron chi connectivity index (χ1n) is 9.97. The molecule has 2 nitrogen and oxygen atoms in total. The summed E-state index contributed by atoms with van der Waals surface area (Å²) in [6.45, 7) is 15.2. The second-order valence-corrected chi connectivity index (χ2v) is 8.93. The topological polar surface area (TPSA) is 6.48 Å². The summed E-state index contributed by atoms with van der Waals surface area (Å²) in [4.78, 5) is 5.39. The molecule has 1 unspecified atom stereocenters. The van der Waals surface area contributed by atoms with Gasteiger partial charge in [0.25, 0.3) is 0 Å². The van der Waals surface area contributed by atoms with E-state index >= 15 is 0 Å². The molecule has 140 valence electrons. The average Bonchev–Trinajstić information content (AvgIpc) is 2.63. The van der Waals surface area contributed by atoms with Gasteiger partial charge in [0.1, 0.15) is 0 Å². The third-order valence-electron chi connectivity index (χ3n) is 5.71. The molecule has 0 aliphatic carbocycles. The molecular formula is C24H34N2. The first-order chi connectivity index (χ1) is 12.4. The van der Waals surface area contributed by atoms with Gasteiger partial charge in [-0.25, -0.2) is 0 Å². The van der Waals surface area contributed by atoms with E-state index < -0.39 is 0 Å². The lowest BCUT2D eigenvalue weighted by atomic mass is 9.82. The van der Waals surface area contributed by atoms with Crippen molar-refractivity contribution in [3.8, 4) is 0 Å². The van der Waals surface area contributed by atoms with Crippen molar-refractivity contribution in [2.45, 2.75) is 52.7 Å². The zero-order valence-electron chi connectivity index (χ0n) is 17.0. The maximum Gasteiger partial charge on any atom is 0.0602 e. The van der Waals surface area contributed by atoms with Gasteiger partial charge in [0.2, 0.25) is 0 Å². The number of nitrogens with zero attached hydrogens (tertiary/aromatic N) is 2. The van der Waals surface area contributed by atoms with Gasteiger partial charge in [0.05, 0.1) is 6.04 Å². The molecule has 26 heavy (non-hydrogen) atoms. The lowest BCUT2D eigenvalue weighted by Crippen LogP contribution is -2.60. The predicted octanol–water partition coefficient (Wildman–Crippen LogP) is 5.22. The van der Waals surface area contributed by atoms with E-state index in [1.165, 1.54) is 11.1 Å². The number of benzene rings is 2. The number of hydrogen-bond acceptors (Lipinski definition) is 2. The minimum absolute atomic E-state index is 0.265. The Kier molecular flexibility index (Phi) is 5.84.